The van der Waals surface area contributed by atoms with Gasteiger partial charge in [0.05, 0.1) is 43.6 Å². The summed E-state index contributed by atoms with van der Waals surface area (Å²) in [5, 5.41) is 13.7. The van der Waals surface area contributed by atoms with Gasteiger partial charge >= 0.3 is 5.97 Å². The number of carbonyl (C=O) groups is 3. The van der Waals surface area contributed by atoms with E-state index < -0.39 is 23.0 Å². The van der Waals surface area contributed by atoms with Gasteiger partial charge in [-0.05, 0) is 55.0 Å². The van der Waals surface area contributed by atoms with Gasteiger partial charge in [0, 0.05) is 16.3 Å². The van der Waals surface area contributed by atoms with Crippen LogP contribution in [0.25, 0.3) is 0 Å². The second-order valence-electron chi connectivity index (χ2n) is 7.85. The molecule has 0 spiro atoms. The second kappa shape index (κ2) is 14.0. The van der Waals surface area contributed by atoms with Crippen molar-refractivity contribution < 1.29 is 24.2 Å². The summed E-state index contributed by atoms with van der Waals surface area (Å²) in [6.07, 6.45) is 2.04. The van der Waals surface area contributed by atoms with Gasteiger partial charge in [-0.3, -0.25) is 9.59 Å². The highest BCUT2D eigenvalue weighted by atomic mass is 35.5. The maximum Gasteiger partial charge on any atom is 0.338 e. The molecular weight excluding hydrogens is 594 g/mol. The number of anilines is 2. The number of halogens is 4. The van der Waals surface area contributed by atoms with Crippen molar-refractivity contribution in [1.82, 2.24) is 0 Å². The molecule has 3 N–H and O–H groups in total. The molecule has 0 saturated carbocycles. The van der Waals surface area contributed by atoms with Gasteiger partial charge < -0.3 is 20.5 Å². The Morgan fingerprint density at radius 1 is 0.816 bits per heavy atom. The average Bonchev–Trinajstić information content (AvgIpc) is 2.89. The highest BCUT2D eigenvalue weighted by Crippen LogP contribution is 2.41. The summed E-state index contributed by atoms with van der Waals surface area (Å²) >= 11 is 25.4. The fraction of sp³-hybridized carbons (Fsp3) is 0.192. The molecule has 0 radical (unpaired) electrons. The highest BCUT2D eigenvalue weighted by Gasteiger charge is 2.28. The molecule has 12 heteroatoms. The lowest BCUT2D eigenvalue weighted by molar-refractivity contribution is -0.113. The van der Waals surface area contributed by atoms with E-state index in [9.17, 15) is 19.5 Å². The molecule has 0 aliphatic heterocycles. The molecule has 3 rings (SSSR count). The average molecular weight is 616 g/mol. The first-order valence-corrected chi connectivity index (χ1v) is 13.8. The van der Waals surface area contributed by atoms with Crippen LogP contribution in [0.3, 0.4) is 0 Å². The predicted molar refractivity (Wildman–Crippen MR) is 154 cm³/mol. The number of carboxylic acid groups (broad SMARTS) is 1. The number of benzene rings is 3. The summed E-state index contributed by atoms with van der Waals surface area (Å²) in [6.45, 7) is 2.75. The van der Waals surface area contributed by atoms with Crippen molar-refractivity contribution in [2.24, 2.45) is 0 Å². The Kier molecular flexibility index (Phi) is 11.0. The van der Waals surface area contributed by atoms with Crippen LogP contribution >= 0.6 is 58.2 Å². The normalized spacial score (nSPS) is 10.7. The number of carbonyl (C=O) groups excluding carboxylic acids is 2. The molecule has 0 aliphatic carbocycles. The van der Waals surface area contributed by atoms with Crippen molar-refractivity contribution >= 4 is 87.3 Å². The Hall–Kier alpha value is -2.62. The molecule has 0 atom stereocenters. The van der Waals surface area contributed by atoms with Crippen molar-refractivity contribution in [3.8, 4) is 5.75 Å². The van der Waals surface area contributed by atoms with Crippen molar-refractivity contribution in [3.05, 3.63) is 79.7 Å². The van der Waals surface area contributed by atoms with E-state index in [4.69, 9.17) is 51.1 Å². The zero-order valence-corrected chi connectivity index (χ0v) is 23.8. The molecule has 3 aromatic rings. The molecule has 38 heavy (non-hydrogen) atoms. The second-order valence-corrected chi connectivity index (χ2v) is 10.4. The summed E-state index contributed by atoms with van der Waals surface area (Å²) in [6, 6.07) is 13.8. The number of unbranched alkanes of at least 4 members (excludes halogenated alkanes) is 1. The molecule has 7 nitrogen and oxygen atoms in total. The molecule has 0 aromatic heterocycles. The van der Waals surface area contributed by atoms with E-state index in [-0.39, 0.29) is 31.8 Å². The third kappa shape index (κ3) is 7.71. The number of carboxylic acids is 1. The van der Waals surface area contributed by atoms with E-state index in [1.807, 2.05) is 12.1 Å². The van der Waals surface area contributed by atoms with Gasteiger partial charge in [0.25, 0.3) is 5.91 Å². The Bertz CT molecular complexity index is 1340. The molecule has 200 valence electrons. The number of hydrogen-bond donors (Lipinski definition) is 3. The molecule has 2 amide bonds. The highest BCUT2D eigenvalue weighted by molar-refractivity contribution is 8.00. The third-order valence-electron chi connectivity index (χ3n) is 5.09. The maximum absolute atomic E-state index is 12.9. The number of nitrogens with one attached hydrogen (secondary N) is 2. The summed E-state index contributed by atoms with van der Waals surface area (Å²) in [5.74, 6) is -1.57. The fourth-order valence-electron chi connectivity index (χ4n) is 3.19. The molecule has 0 aliphatic rings. The van der Waals surface area contributed by atoms with E-state index in [1.165, 1.54) is 11.8 Å². The topological polar surface area (TPSA) is 105 Å². The van der Waals surface area contributed by atoms with Gasteiger partial charge in [0.15, 0.2) is 0 Å². The molecule has 0 heterocycles. The minimum absolute atomic E-state index is 0.166. The zero-order chi connectivity index (χ0) is 27.8. The number of hydrogen-bond acceptors (Lipinski definition) is 5. The molecule has 0 fully saturated rings. The van der Waals surface area contributed by atoms with E-state index in [0.29, 0.717) is 18.0 Å². The lowest BCUT2D eigenvalue weighted by Crippen LogP contribution is -2.18. The smallest absolute Gasteiger partial charge is 0.338 e. The summed E-state index contributed by atoms with van der Waals surface area (Å²) in [5.41, 5.74) is 0.0626. The van der Waals surface area contributed by atoms with E-state index in [2.05, 4.69) is 17.6 Å². The molecule has 0 unspecified atom stereocenters. The maximum atomic E-state index is 12.9. The van der Waals surface area contributed by atoms with Crippen molar-refractivity contribution in [3.63, 3.8) is 0 Å². The monoisotopic (exact) mass is 614 g/mol. The number of thioether (sulfide) groups is 1. The van der Waals surface area contributed by atoms with Crippen molar-refractivity contribution in [1.29, 1.82) is 0 Å². The number of ether oxygens (including phenoxy) is 1. The van der Waals surface area contributed by atoms with Gasteiger partial charge in [-0.15, -0.1) is 11.8 Å². The third-order valence-corrected chi connectivity index (χ3v) is 7.91. The van der Waals surface area contributed by atoms with E-state index >= 15 is 0 Å². The van der Waals surface area contributed by atoms with E-state index in [1.54, 1.807) is 36.4 Å². The van der Waals surface area contributed by atoms with Gasteiger partial charge in [0.1, 0.15) is 5.75 Å². The van der Waals surface area contributed by atoms with Gasteiger partial charge in [-0.1, -0.05) is 59.7 Å². The fourth-order valence-corrected chi connectivity index (χ4v) is 4.91. The predicted octanol–water partition coefficient (Wildman–Crippen LogP) is 8.16. The Morgan fingerprint density at radius 2 is 1.37 bits per heavy atom. The lowest BCUT2D eigenvalue weighted by Gasteiger charge is -2.14. The first-order valence-electron chi connectivity index (χ1n) is 11.3. The zero-order valence-electron chi connectivity index (χ0n) is 19.9. The van der Waals surface area contributed by atoms with Crippen LogP contribution < -0.4 is 15.4 Å². The number of rotatable bonds is 11. The van der Waals surface area contributed by atoms with Crippen LogP contribution in [0, 0.1) is 0 Å². The Labute approximate surface area is 243 Å². The Morgan fingerprint density at radius 3 is 1.95 bits per heavy atom. The first-order chi connectivity index (χ1) is 18.1. The summed E-state index contributed by atoms with van der Waals surface area (Å²) in [4.78, 5) is 37.7. The first kappa shape index (κ1) is 29.9. The SMILES string of the molecule is CCCCOc1ccc(NC(=O)CSc2ccc(NC(=O)c3c(Cl)c(Cl)c(Cl)c(Cl)c3C(=O)O)cc2)cc1. The molecule has 0 bridgehead atoms. The van der Waals surface area contributed by atoms with Crippen molar-refractivity contribution in [2.75, 3.05) is 23.0 Å². The number of amides is 2. The molecule has 3 aromatic carbocycles. The lowest BCUT2D eigenvalue weighted by atomic mass is 10.1. The quantitative estimate of drug-likeness (QED) is 0.0870. The molecular formula is C26H22Cl4N2O5S. The minimum Gasteiger partial charge on any atom is -0.494 e. The number of aromatic carboxylic acids is 1. The van der Waals surface area contributed by atoms with Crippen LogP contribution in [0.4, 0.5) is 11.4 Å². The van der Waals surface area contributed by atoms with Gasteiger partial charge in [0.2, 0.25) is 5.91 Å². The largest absolute Gasteiger partial charge is 0.494 e. The standard InChI is InChI=1S/C26H22Cl4N2O5S/c1-2-3-12-37-16-8-4-14(5-9-16)31-18(33)13-38-17-10-6-15(7-11-17)32-25(34)19-20(26(35)36)22(28)24(30)23(29)21(19)27/h4-11H,2-3,12-13H2,1H3,(H,31,33)(H,32,34)(H,35,36). The van der Waals surface area contributed by atoms with E-state index in [0.717, 1.165) is 23.5 Å². The van der Waals surface area contributed by atoms with Crippen LogP contribution in [0.5, 0.6) is 5.75 Å². The molecule has 0 saturated heterocycles. The summed E-state index contributed by atoms with van der Waals surface area (Å²) < 4.78 is 5.61. The minimum atomic E-state index is -1.48. The van der Waals surface area contributed by atoms with Crippen LogP contribution in [0.1, 0.15) is 40.5 Å². The Balaban J connectivity index is 1.58. The van der Waals surface area contributed by atoms with Gasteiger partial charge in [-0.25, -0.2) is 4.79 Å². The summed E-state index contributed by atoms with van der Waals surface area (Å²) in [7, 11) is 0. The van der Waals surface area contributed by atoms with Crippen molar-refractivity contribution in [2.45, 2.75) is 24.7 Å². The van der Waals surface area contributed by atoms with Crippen LogP contribution in [0.2, 0.25) is 20.1 Å². The van der Waals surface area contributed by atoms with Gasteiger partial charge in [-0.2, -0.15) is 0 Å². The van der Waals surface area contributed by atoms with Crippen LogP contribution in [-0.2, 0) is 4.79 Å². The van der Waals surface area contributed by atoms with Crippen LogP contribution in [-0.4, -0.2) is 35.2 Å². The van der Waals surface area contributed by atoms with Crippen LogP contribution in [0.15, 0.2) is 53.4 Å².